The molecule has 0 spiro atoms. The van der Waals surface area contributed by atoms with Crippen molar-refractivity contribution >= 4 is 17.2 Å². The van der Waals surface area contributed by atoms with Gasteiger partial charge in [-0.15, -0.1) is 0 Å². The number of carbonyl (C=O) groups excluding carboxylic acids is 1. The lowest BCUT2D eigenvalue weighted by Gasteiger charge is -2.22. The van der Waals surface area contributed by atoms with E-state index in [2.05, 4.69) is 0 Å². The molecule has 1 aromatic heterocycles. The molecule has 0 unspecified atom stereocenters. The van der Waals surface area contributed by atoms with Crippen LogP contribution in [0.25, 0.3) is 0 Å². The van der Waals surface area contributed by atoms with Gasteiger partial charge in [-0.25, -0.2) is 13.2 Å². The summed E-state index contributed by atoms with van der Waals surface area (Å²) in [6.07, 6.45) is 1.75. The van der Waals surface area contributed by atoms with Gasteiger partial charge in [-0.1, -0.05) is 0 Å². The van der Waals surface area contributed by atoms with Crippen LogP contribution in [-0.4, -0.2) is 16.8 Å². The summed E-state index contributed by atoms with van der Waals surface area (Å²) >= 11 is 1.52. The van der Waals surface area contributed by atoms with Crippen molar-refractivity contribution in [2.45, 2.75) is 25.4 Å². The molecule has 1 amide bonds. The van der Waals surface area contributed by atoms with Crippen molar-refractivity contribution < 1.29 is 18.0 Å². The molecule has 21 heavy (non-hydrogen) atoms. The summed E-state index contributed by atoms with van der Waals surface area (Å²) < 4.78 is 39.5. The minimum Gasteiger partial charge on any atom is -0.331 e. The third kappa shape index (κ3) is 2.95. The molecule has 1 aliphatic carbocycles. The maximum Gasteiger partial charge on any atom is 0.254 e. The molecule has 0 bridgehead atoms. The number of halogens is 3. The van der Waals surface area contributed by atoms with E-state index < -0.39 is 23.4 Å². The van der Waals surface area contributed by atoms with E-state index >= 15 is 0 Å². The van der Waals surface area contributed by atoms with E-state index in [9.17, 15) is 18.0 Å². The molecule has 1 saturated carbocycles. The predicted molar refractivity (Wildman–Crippen MR) is 73.5 cm³/mol. The number of benzene rings is 1. The van der Waals surface area contributed by atoms with Gasteiger partial charge >= 0.3 is 0 Å². The van der Waals surface area contributed by atoms with Gasteiger partial charge in [-0.3, -0.25) is 4.79 Å². The summed E-state index contributed by atoms with van der Waals surface area (Å²) in [7, 11) is 0. The Morgan fingerprint density at radius 1 is 1.24 bits per heavy atom. The highest BCUT2D eigenvalue weighted by atomic mass is 32.1. The zero-order valence-corrected chi connectivity index (χ0v) is 11.8. The second-order valence-electron chi connectivity index (χ2n) is 5.05. The Morgan fingerprint density at radius 2 is 1.90 bits per heavy atom. The van der Waals surface area contributed by atoms with Gasteiger partial charge in [0.25, 0.3) is 5.91 Å². The molecule has 2 aromatic rings. The summed E-state index contributed by atoms with van der Waals surface area (Å²) in [5.74, 6) is -4.71. The number of hydrogen-bond acceptors (Lipinski definition) is 2. The van der Waals surface area contributed by atoms with E-state index in [0.717, 1.165) is 30.5 Å². The van der Waals surface area contributed by atoms with E-state index in [0.29, 0.717) is 6.54 Å². The molecule has 1 fully saturated rings. The first kappa shape index (κ1) is 14.1. The molecule has 0 N–H and O–H groups in total. The van der Waals surface area contributed by atoms with Crippen LogP contribution in [0, 0.1) is 17.5 Å². The standard InChI is InChI=1S/C15H12F3NOS/c16-12-5-10(6-13(17)14(12)18)15(20)19(11-1-2-11)7-9-3-4-21-8-9/h3-6,8,11H,1-2,7H2. The Balaban J connectivity index is 1.87. The zero-order valence-electron chi connectivity index (χ0n) is 11.0. The zero-order chi connectivity index (χ0) is 15.0. The number of amides is 1. The Morgan fingerprint density at radius 3 is 2.43 bits per heavy atom. The van der Waals surface area contributed by atoms with Gasteiger partial charge in [0, 0.05) is 18.2 Å². The fourth-order valence-electron chi connectivity index (χ4n) is 2.18. The first-order valence-corrected chi connectivity index (χ1v) is 7.47. The molecule has 3 rings (SSSR count). The molecule has 110 valence electrons. The maximum atomic E-state index is 13.3. The fourth-order valence-corrected chi connectivity index (χ4v) is 2.84. The smallest absolute Gasteiger partial charge is 0.254 e. The van der Waals surface area contributed by atoms with Gasteiger partial charge in [-0.2, -0.15) is 11.3 Å². The summed E-state index contributed by atoms with van der Waals surface area (Å²) in [5.41, 5.74) is 0.817. The van der Waals surface area contributed by atoms with E-state index in [-0.39, 0.29) is 11.6 Å². The second kappa shape index (κ2) is 5.52. The number of thiophene rings is 1. The molecule has 0 atom stereocenters. The minimum atomic E-state index is -1.55. The van der Waals surface area contributed by atoms with Crippen molar-refractivity contribution in [2.24, 2.45) is 0 Å². The fraction of sp³-hybridized carbons (Fsp3) is 0.267. The number of nitrogens with zero attached hydrogens (tertiary/aromatic N) is 1. The topological polar surface area (TPSA) is 20.3 Å². The monoisotopic (exact) mass is 311 g/mol. The van der Waals surface area contributed by atoms with Gasteiger partial charge < -0.3 is 4.90 Å². The van der Waals surface area contributed by atoms with Crippen LogP contribution in [0.15, 0.2) is 29.0 Å². The van der Waals surface area contributed by atoms with Crippen molar-refractivity contribution in [3.63, 3.8) is 0 Å². The molecule has 0 aliphatic heterocycles. The van der Waals surface area contributed by atoms with E-state index in [1.54, 1.807) is 4.90 Å². The Kier molecular flexibility index (Phi) is 3.71. The van der Waals surface area contributed by atoms with Crippen molar-refractivity contribution in [1.29, 1.82) is 0 Å². The lowest BCUT2D eigenvalue weighted by atomic mass is 10.1. The third-order valence-corrected chi connectivity index (χ3v) is 4.14. The Hall–Kier alpha value is -1.82. The normalized spacial score (nSPS) is 14.2. The van der Waals surface area contributed by atoms with Gasteiger partial charge in [0.2, 0.25) is 0 Å². The van der Waals surface area contributed by atoms with Crippen LogP contribution >= 0.6 is 11.3 Å². The van der Waals surface area contributed by atoms with Crippen molar-refractivity contribution in [2.75, 3.05) is 0 Å². The molecular weight excluding hydrogens is 299 g/mol. The maximum absolute atomic E-state index is 13.3. The summed E-state index contributed by atoms with van der Waals surface area (Å²) in [5, 5.41) is 3.83. The SMILES string of the molecule is O=C(c1cc(F)c(F)c(F)c1)N(Cc1ccsc1)C1CC1. The molecule has 1 aliphatic rings. The summed E-state index contributed by atoms with van der Waals surface area (Å²) in [6, 6.07) is 3.50. The van der Waals surface area contributed by atoms with Gasteiger partial charge in [0.05, 0.1) is 0 Å². The summed E-state index contributed by atoms with van der Waals surface area (Å²) in [4.78, 5) is 14.0. The third-order valence-electron chi connectivity index (χ3n) is 3.41. The first-order chi connectivity index (χ1) is 10.1. The van der Waals surface area contributed by atoms with Crippen LogP contribution in [0.1, 0.15) is 28.8 Å². The van der Waals surface area contributed by atoms with Crippen LogP contribution in [0.3, 0.4) is 0 Å². The quantitative estimate of drug-likeness (QED) is 0.782. The van der Waals surface area contributed by atoms with Crippen LogP contribution < -0.4 is 0 Å². The number of hydrogen-bond donors (Lipinski definition) is 0. The lowest BCUT2D eigenvalue weighted by molar-refractivity contribution is 0.0729. The highest BCUT2D eigenvalue weighted by Gasteiger charge is 2.33. The Bertz CT molecular complexity index is 645. The van der Waals surface area contributed by atoms with Crippen LogP contribution in [0.5, 0.6) is 0 Å². The van der Waals surface area contributed by atoms with Crippen LogP contribution in [-0.2, 0) is 6.54 Å². The van der Waals surface area contributed by atoms with Gasteiger partial charge in [-0.05, 0) is 47.4 Å². The van der Waals surface area contributed by atoms with Gasteiger partial charge in [0.1, 0.15) is 0 Å². The average molecular weight is 311 g/mol. The molecule has 1 heterocycles. The summed E-state index contributed by atoms with van der Waals surface area (Å²) in [6.45, 7) is 0.396. The molecule has 0 saturated heterocycles. The number of carbonyl (C=O) groups is 1. The highest BCUT2D eigenvalue weighted by molar-refractivity contribution is 7.07. The highest BCUT2D eigenvalue weighted by Crippen LogP contribution is 2.30. The van der Waals surface area contributed by atoms with Crippen molar-refractivity contribution in [3.05, 3.63) is 57.5 Å². The molecule has 6 heteroatoms. The first-order valence-electron chi connectivity index (χ1n) is 6.53. The van der Waals surface area contributed by atoms with E-state index in [1.807, 2.05) is 16.8 Å². The predicted octanol–water partition coefficient (Wildman–Crippen LogP) is 3.97. The number of rotatable bonds is 4. The molecule has 2 nitrogen and oxygen atoms in total. The van der Waals surface area contributed by atoms with Crippen LogP contribution in [0.4, 0.5) is 13.2 Å². The molecule has 0 radical (unpaired) electrons. The van der Waals surface area contributed by atoms with Gasteiger partial charge in [0.15, 0.2) is 17.5 Å². The second-order valence-corrected chi connectivity index (χ2v) is 5.83. The molecule has 1 aromatic carbocycles. The lowest BCUT2D eigenvalue weighted by Crippen LogP contribution is -2.32. The minimum absolute atomic E-state index is 0.0913. The van der Waals surface area contributed by atoms with E-state index in [1.165, 1.54) is 11.3 Å². The average Bonchev–Trinajstić information content (AvgIpc) is 3.17. The van der Waals surface area contributed by atoms with Crippen LogP contribution in [0.2, 0.25) is 0 Å². The van der Waals surface area contributed by atoms with E-state index in [4.69, 9.17) is 0 Å². The largest absolute Gasteiger partial charge is 0.331 e. The Labute approximate surface area is 123 Å². The van der Waals surface area contributed by atoms with Crippen molar-refractivity contribution in [3.8, 4) is 0 Å². The van der Waals surface area contributed by atoms with Crippen molar-refractivity contribution in [1.82, 2.24) is 4.90 Å². The molecular formula is C15H12F3NOS.